The molecule has 0 aliphatic heterocycles. The summed E-state index contributed by atoms with van der Waals surface area (Å²) in [7, 11) is 0. The van der Waals surface area contributed by atoms with Crippen molar-refractivity contribution < 1.29 is 4.79 Å². The van der Waals surface area contributed by atoms with Crippen molar-refractivity contribution in [2.75, 3.05) is 5.32 Å². The Hall–Kier alpha value is -2.11. The van der Waals surface area contributed by atoms with Crippen molar-refractivity contribution in [3.63, 3.8) is 0 Å². The summed E-state index contributed by atoms with van der Waals surface area (Å²) in [4.78, 5) is 24.3. The van der Waals surface area contributed by atoms with Crippen molar-refractivity contribution in [2.45, 2.75) is 33.4 Å². The number of nitrogens with zero attached hydrogens (tertiary/aromatic N) is 1. The lowest BCUT2D eigenvalue weighted by Gasteiger charge is -2.25. The molecule has 0 aliphatic rings. The van der Waals surface area contributed by atoms with E-state index in [-0.39, 0.29) is 16.9 Å². The first-order chi connectivity index (χ1) is 11.2. The Morgan fingerprint density at radius 1 is 1.25 bits per heavy atom. The van der Waals surface area contributed by atoms with Gasteiger partial charge in [0.25, 0.3) is 5.56 Å². The Morgan fingerprint density at radius 2 is 1.92 bits per heavy atom. The predicted octanol–water partition coefficient (Wildman–Crippen LogP) is 2.86. The summed E-state index contributed by atoms with van der Waals surface area (Å²) in [5.41, 5.74) is 6.78. The van der Waals surface area contributed by atoms with Crippen LogP contribution in [-0.2, 0) is 11.3 Å². The van der Waals surface area contributed by atoms with Gasteiger partial charge in [0.2, 0.25) is 5.91 Å². The molecule has 0 saturated carbocycles. The first-order valence-electron chi connectivity index (χ1n) is 7.69. The molecule has 5 nitrogen and oxygen atoms in total. The fourth-order valence-electron chi connectivity index (χ4n) is 2.15. The molecular formula is C18H22ClN3O2. The number of pyridine rings is 1. The first-order valence-corrected chi connectivity index (χ1v) is 8.06. The number of halogens is 1. The summed E-state index contributed by atoms with van der Waals surface area (Å²) in [6, 6.07) is 9.65. The van der Waals surface area contributed by atoms with Crippen molar-refractivity contribution in [3.8, 4) is 0 Å². The highest BCUT2D eigenvalue weighted by Gasteiger charge is 2.27. The number of hydrogen-bond acceptors (Lipinski definition) is 3. The molecule has 0 bridgehead atoms. The van der Waals surface area contributed by atoms with E-state index in [0.29, 0.717) is 17.3 Å². The number of aromatic nitrogens is 1. The fraction of sp³-hybridized carbons (Fsp3) is 0.333. The third-order valence-electron chi connectivity index (χ3n) is 3.77. The molecule has 6 heteroatoms. The lowest BCUT2D eigenvalue weighted by atomic mass is 9.87. The third-order valence-corrected chi connectivity index (χ3v) is 4.13. The zero-order valence-corrected chi connectivity index (χ0v) is 14.8. The van der Waals surface area contributed by atoms with Gasteiger partial charge < -0.3 is 15.6 Å². The highest BCUT2D eigenvalue weighted by Crippen LogP contribution is 2.19. The van der Waals surface area contributed by atoms with E-state index in [0.717, 1.165) is 5.56 Å². The highest BCUT2D eigenvalue weighted by atomic mass is 35.5. The van der Waals surface area contributed by atoms with Gasteiger partial charge in [-0.25, -0.2) is 0 Å². The SMILES string of the molecule is CC(C)(C)[C@H](N)C(=O)Nc1ccc(=O)n(Cc2ccccc2Cl)c1. The topological polar surface area (TPSA) is 77.1 Å². The van der Waals surface area contributed by atoms with Crippen molar-refractivity contribution in [1.82, 2.24) is 4.57 Å². The minimum atomic E-state index is -0.651. The van der Waals surface area contributed by atoms with Gasteiger partial charge in [-0.05, 0) is 23.1 Å². The van der Waals surface area contributed by atoms with Gasteiger partial charge >= 0.3 is 0 Å². The van der Waals surface area contributed by atoms with Crippen molar-refractivity contribution in [3.05, 3.63) is 63.5 Å². The van der Waals surface area contributed by atoms with Crippen LogP contribution in [0.2, 0.25) is 5.02 Å². The molecule has 2 aromatic rings. The lowest BCUT2D eigenvalue weighted by Crippen LogP contribution is -2.45. The maximum atomic E-state index is 12.2. The average Bonchev–Trinajstić information content (AvgIpc) is 2.51. The zero-order valence-electron chi connectivity index (χ0n) is 14.0. The van der Waals surface area contributed by atoms with Gasteiger partial charge in [0.1, 0.15) is 0 Å². The number of nitrogens with one attached hydrogen (secondary N) is 1. The number of carbonyl (C=O) groups excluding carboxylic acids is 1. The summed E-state index contributed by atoms with van der Waals surface area (Å²) in [6.45, 7) is 6.02. The summed E-state index contributed by atoms with van der Waals surface area (Å²) >= 11 is 6.14. The number of rotatable bonds is 4. The molecular weight excluding hydrogens is 326 g/mol. The second-order valence-electron chi connectivity index (χ2n) is 6.81. The van der Waals surface area contributed by atoms with Crippen LogP contribution in [0.1, 0.15) is 26.3 Å². The van der Waals surface area contributed by atoms with Gasteiger partial charge in [-0.15, -0.1) is 0 Å². The minimum Gasteiger partial charge on any atom is -0.323 e. The van der Waals surface area contributed by atoms with Crippen LogP contribution in [-0.4, -0.2) is 16.5 Å². The predicted molar refractivity (Wildman–Crippen MR) is 97.3 cm³/mol. The van der Waals surface area contributed by atoms with Crippen LogP contribution in [0.25, 0.3) is 0 Å². The second-order valence-corrected chi connectivity index (χ2v) is 7.22. The maximum Gasteiger partial charge on any atom is 0.250 e. The summed E-state index contributed by atoms with van der Waals surface area (Å²) in [5.74, 6) is -0.287. The molecule has 1 amide bonds. The standard InChI is InChI=1S/C18H22ClN3O2/c1-18(2,3)16(20)17(24)21-13-8-9-15(23)22(11-13)10-12-6-4-5-7-14(12)19/h4-9,11,16H,10,20H2,1-3H3,(H,21,24)/t16-/m1/s1. The van der Waals surface area contributed by atoms with E-state index in [2.05, 4.69) is 5.32 Å². The smallest absolute Gasteiger partial charge is 0.250 e. The number of hydrogen-bond donors (Lipinski definition) is 2. The molecule has 128 valence electrons. The Kier molecular flexibility index (Phi) is 5.47. The zero-order chi connectivity index (χ0) is 17.9. The largest absolute Gasteiger partial charge is 0.323 e. The molecule has 24 heavy (non-hydrogen) atoms. The monoisotopic (exact) mass is 347 g/mol. The Morgan fingerprint density at radius 3 is 2.54 bits per heavy atom. The van der Waals surface area contributed by atoms with E-state index >= 15 is 0 Å². The number of amides is 1. The van der Waals surface area contributed by atoms with Crippen LogP contribution in [0.5, 0.6) is 0 Å². The Labute approximate surface area is 146 Å². The summed E-state index contributed by atoms with van der Waals surface area (Å²) in [6.07, 6.45) is 1.60. The molecule has 2 rings (SSSR count). The Bertz CT molecular complexity index is 793. The van der Waals surface area contributed by atoms with E-state index in [9.17, 15) is 9.59 Å². The molecule has 1 atom stereocenters. The average molecular weight is 348 g/mol. The van der Waals surface area contributed by atoms with Gasteiger partial charge in [-0.1, -0.05) is 50.6 Å². The van der Waals surface area contributed by atoms with Crippen molar-refractivity contribution in [2.24, 2.45) is 11.1 Å². The van der Waals surface area contributed by atoms with Crippen LogP contribution in [0.3, 0.4) is 0 Å². The molecule has 1 aromatic heterocycles. The molecule has 0 unspecified atom stereocenters. The van der Waals surface area contributed by atoms with E-state index in [1.165, 1.54) is 10.6 Å². The first kappa shape index (κ1) is 18.2. The second kappa shape index (κ2) is 7.20. The molecule has 0 aliphatic carbocycles. The van der Waals surface area contributed by atoms with Crippen LogP contribution < -0.4 is 16.6 Å². The number of nitrogens with two attached hydrogens (primary N) is 1. The quantitative estimate of drug-likeness (QED) is 0.892. The Balaban J connectivity index is 2.22. The van der Waals surface area contributed by atoms with Gasteiger partial charge in [-0.3, -0.25) is 9.59 Å². The number of benzene rings is 1. The molecule has 1 aromatic carbocycles. The van der Waals surface area contributed by atoms with Crippen LogP contribution in [0.15, 0.2) is 47.4 Å². The van der Waals surface area contributed by atoms with Gasteiger partial charge in [0.05, 0.1) is 18.3 Å². The van der Waals surface area contributed by atoms with E-state index in [4.69, 9.17) is 17.3 Å². The van der Waals surface area contributed by atoms with E-state index < -0.39 is 6.04 Å². The lowest BCUT2D eigenvalue weighted by molar-refractivity contribution is -0.119. The van der Waals surface area contributed by atoms with Crippen molar-refractivity contribution >= 4 is 23.2 Å². The van der Waals surface area contributed by atoms with Gasteiger partial charge in [0.15, 0.2) is 0 Å². The molecule has 0 spiro atoms. The van der Waals surface area contributed by atoms with Gasteiger partial charge in [-0.2, -0.15) is 0 Å². The normalized spacial score (nSPS) is 12.7. The fourth-order valence-corrected chi connectivity index (χ4v) is 2.35. The van der Waals surface area contributed by atoms with E-state index in [1.54, 1.807) is 18.3 Å². The summed E-state index contributed by atoms with van der Waals surface area (Å²) in [5, 5.41) is 3.35. The van der Waals surface area contributed by atoms with Gasteiger partial charge in [0, 0.05) is 17.3 Å². The highest BCUT2D eigenvalue weighted by molar-refractivity contribution is 6.31. The van der Waals surface area contributed by atoms with Crippen LogP contribution >= 0.6 is 11.6 Å². The minimum absolute atomic E-state index is 0.173. The third kappa shape index (κ3) is 4.46. The summed E-state index contributed by atoms with van der Waals surface area (Å²) < 4.78 is 1.50. The molecule has 3 N–H and O–H groups in total. The maximum absolute atomic E-state index is 12.2. The molecule has 0 fully saturated rings. The van der Waals surface area contributed by atoms with Crippen LogP contribution in [0, 0.1) is 5.41 Å². The number of anilines is 1. The molecule has 0 radical (unpaired) electrons. The number of carbonyl (C=O) groups is 1. The van der Waals surface area contributed by atoms with Crippen LogP contribution in [0.4, 0.5) is 5.69 Å². The van der Waals surface area contributed by atoms with E-state index in [1.807, 2.05) is 39.0 Å². The molecule has 0 saturated heterocycles. The van der Waals surface area contributed by atoms with Crippen molar-refractivity contribution in [1.29, 1.82) is 0 Å². The molecule has 1 heterocycles.